The minimum absolute atomic E-state index is 0.0126. The summed E-state index contributed by atoms with van der Waals surface area (Å²) < 4.78 is 5.62. The summed E-state index contributed by atoms with van der Waals surface area (Å²) in [4.78, 5) is 49.3. The molecule has 9 nitrogen and oxygen atoms in total. The Hall–Kier alpha value is -4.44. The van der Waals surface area contributed by atoms with E-state index in [2.05, 4.69) is 5.32 Å². The van der Waals surface area contributed by atoms with Crippen molar-refractivity contribution in [3.8, 4) is 5.75 Å². The molecule has 37 heavy (non-hydrogen) atoms. The molecule has 0 aromatic heterocycles. The van der Waals surface area contributed by atoms with Crippen LogP contribution >= 0.6 is 11.8 Å². The van der Waals surface area contributed by atoms with E-state index in [4.69, 9.17) is 4.74 Å². The fourth-order valence-corrected chi connectivity index (χ4v) is 4.51. The number of carbonyl (C=O) groups excluding carboxylic acids is 3. The first-order chi connectivity index (χ1) is 17.7. The Kier molecular flexibility index (Phi) is 7.69. The topological polar surface area (TPSA) is 119 Å². The number of nitro groups is 1. The van der Waals surface area contributed by atoms with Gasteiger partial charge in [0, 0.05) is 17.8 Å². The third-order valence-electron chi connectivity index (χ3n) is 5.54. The number of nitro benzene ring substituents is 1. The van der Waals surface area contributed by atoms with Crippen LogP contribution in [0.15, 0.2) is 71.6 Å². The van der Waals surface area contributed by atoms with Crippen molar-refractivity contribution >= 4 is 46.3 Å². The summed E-state index contributed by atoms with van der Waals surface area (Å²) in [6.07, 6.45) is 1.59. The summed E-state index contributed by atoms with van der Waals surface area (Å²) in [6.45, 7) is 3.72. The van der Waals surface area contributed by atoms with Crippen molar-refractivity contribution < 1.29 is 24.0 Å². The number of thioether (sulfide) groups is 1. The lowest BCUT2D eigenvalue weighted by molar-refractivity contribution is -0.384. The predicted octanol–water partition coefficient (Wildman–Crippen LogP) is 5.47. The molecule has 3 aromatic rings. The number of amides is 3. The summed E-state index contributed by atoms with van der Waals surface area (Å²) >= 11 is 0.817. The van der Waals surface area contributed by atoms with Gasteiger partial charge in [0.2, 0.25) is 0 Å². The fourth-order valence-electron chi connectivity index (χ4n) is 3.68. The summed E-state index contributed by atoms with van der Waals surface area (Å²) in [7, 11) is 0. The van der Waals surface area contributed by atoms with E-state index < -0.39 is 16.1 Å². The maximum atomic E-state index is 12.8. The van der Waals surface area contributed by atoms with Gasteiger partial charge in [0.1, 0.15) is 5.75 Å². The molecule has 0 unspecified atom stereocenters. The first-order valence-corrected chi connectivity index (χ1v) is 12.1. The van der Waals surface area contributed by atoms with Gasteiger partial charge < -0.3 is 10.1 Å². The van der Waals surface area contributed by atoms with Gasteiger partial charge in [-0.05, 0) is 66.6 Å². The van der Waals surface area contributed by atoms with Crippen molar-refractivity contribution in [3.63, 3.8) is 0 Å². The molecule has 1 saturated heterocycles. The Morgan fingerprint density at radius 1 is 1.08 bits per heavy atom. The molecule has 0 saturated carbocycles. The SMILES string of the molecule is Cc1ccc(NC(=O)COc2cccc(/C=C3\SC(=O)N(Cc4ccc([N+](=O)[O-])cc4)C3=O)c2)c(C)c1. The molecule has 0 spiro atoms. The zero-order chi connectivity index (χ0) is 26.5. The Bertz CT molecular complexity index is 1420. The number of ether oxygens (including phenoxy) is 1. The first kappa shape index (κ1) is 25.6. The van der Waals surface area contributed by atoms with Crippen LogP contribution in [-0.4, -0.2) is 33.5 Å². The van der Waals surface area contributed by atoms with Crippen LogP contribution in [-0.2, 0) is 16.1 Å². The molecule has 3 aromatic carbocycles. The van der Waals surface area contributed by atoms with Crippen molar-refractivity contribution in [1.29, 1.82) is 0 Å². The Labute approximate surface area is 217 Å². The average molecular weight is 518 g/mol. The van der Waals surface area contributed by atoms with E-state index in [1.165, 1.54) is 24.3 Å². The second-order valence-corrected chi connectivity index (χ2v) is 9.41. The van der Waals surface area contributed by atoms with Crippen LogP contribution in [0.4, 0.5) is 16.2 Å². The zero-order valence-electron chi connectivity index (χ0n) is 20.1. The maximum Gasteiger partial charge on any atom is 0.293 e. The summed E-state index contributed by atoms with van der Waals surface area (Å²) in [5, 5.41) is 13.2. The molecule has 0 atom stereocenters. The largest absolute Gasteiger partial charge is 0.484 e. The van der Waals surface area contributed by atoms with E-state index in [1.807, 2.05) is 32.0 Å². The Balaban J connectivity index is 1.38. The van der Waals surface area contributed by atoms with Crippen LogP contribution in [0.25, 0.3) is 6.08 Å². The van der Waals surface area contributed by atoms with Crippen LogP contribution in [0.3, 0.4) is 0 Å². The van der Waals surface area contributed by atoms with Gasteiger partial charge >= 0.3 is 0 Å². The zero-order valence-corrected chi connectivity index (χ0v) is 20.9. The van der Waals surface area contributed by atoms with E-state index in [1.54, 1.807) is 30.3 Å². The minimum Gasteiger partial charge on any atom is -0.484 e. The van der Waals surface area contributed by atoms with E-state index in [0.29, 0.717) is 16.9 Å². The number of nitrogens with one attached hydrogen (secondary N) is 1. The molecular weight excluding hydrogens is 494 g/mol. The number of hydrogen-bond donors (Lipinski definition) is 1. The third-order valence-corrected chi connectivity index (χ3v) is 6.45. The van der Waals surface area contributed by atoms with Crippen molar-refractivity contribution in [1.82, 2.24) is 4.90 Å². The van der Waals surface area contributed by atoms with Gasteiger partial charge in [-0.3, -0.25) is 29.4 Å². The number of aryl methyl sites for hydroxylation is 2. The summed E-state index contributed by atoms with van der Waals surface area (Å²) in [6, 6.07) is 18.3. The van der Waals surface area contributed by atoms with Gasteiger partial charge in [0.25, 0.3) is 22.7 Å². The van der Waals surface area contributed by atoms with Crippen molar-refractivity contribution in [2.75, 3.05) is 11.9 Å². The monoisotopic (exact) mass is 517 g/mol. The quantitative estimate of drug-likeness (QED) is 0.239. The van der Waals surface area contributed by atoms with Gasteiger partial charge in [-0.2, -0.15) is 0 Å². The van der Waals surface area contributed by atoms with E-state index >= 15 is 0 Å². The van der Waals surface area contributed by atoms with Gasteiger partial charge in [0.15, 0.2) is 6.61 Å². The highest BCUT2D eigenvalue weighted by atomic mass is 32.2. The van der Waals surface area contributed by atoms with Crippen LogP contribution in [0.5, 0.6) is 5.75 Å². The van der Waals surface area contributed by atoms with E-state index in [0.717, 1.165) is 33.5 Å². The molecule has 188 valence electrons. The lowest BCUT2D eigenvalue weighted by Crippen LogP contribution is -2.27. The number of hydrogen-bond acceptors (Lipinski definition) is 7. The summed E-state index contributed by atoms with van der Waals surface area (Å²) in [5.41, 5.74) is 3.95. The molecule has 1 aliphatic heterocycles. The van der Waals surface area contributed by atoms with Crippen LogP contribution in [0.2, 0.25) is 0 Å². The number of benzene rings is 3. The van der Waals surface area contributed by atoms with Gasteiger partial charge in [-0.15, -0.1) is 0 Å². The molecule has 10 heteroatoms. The molecule has 1 N–H and O–H groups in total. The number of carbonyl (C=O) groups is 3. The van der Waals surface area contributed by atoms with Crippen LogP contribution in [0, 0.1) is 24.0 Å². The second kappa shape index (κ2) is 11.1. The first-order valence-electron chi connectivity index (χ1n) is 11.3. The lowest BCUT2D eigenvalue weighted by atomic mass is 10.1. The second-order valence-electron chi connectivity index (χ2n) is 8.42. The smallest absolute Gasteiger partial charge is 0.293 e. The van der Waals surface area contributed by atoms with Crippen molar-refractivity contribution in [2.24, 2.45) is 0 Å². The highest BCUT2D eigenvalue weighted by molar-refractivity contribution is 8.18. The number of rotatable bonds is 8. The minimum atomic E-state index is -0.512. The number of imide groups is 1. The average Bonchev–Trinajstić information content (AvgIpc) is 3.12. The number of nitrogens with zero attached hydrogens (tertiary/aromatic N) is 2. The normalized spacial score (nSPS) is 14.2. The highest BCUT2D eigenvalue weighted by Gasteiger charge is 2.35. The van der Waals surface area contributed by atoms with Crippen molar-refractivity contribution in [2.45, 2.75) is 20.4 Å². The summed E-state index contributed by atoms with van der Waals surface area (Å²) in [5.74, 6) is -0.313. The Morgan fingerprint density at radius 2 is 1.84 bits per heavy atom. The molecular formula is C27H23N3O6S. The standard InChI is InChI=1S/C27H23N3O6S/c1-17-6-11-23(18(2)12-17)28-25(31)16-36-22-5-3-4-20(13-22)14-24-26(32)29(27(33)37-24)15-19-7-9-21(10-8-19)30(34)35/h3-14H,15-16H2,1-2H3,(H,28,31)/b24-14-. The molecule has 1 heterocycles. The van der Waals surface area contributed by atoms with Gasteiger partial charge in [-0.1, -0.05) is 42.0 Å². The Morgan fingerprint density at radius 3 is 2.54 bits per heavy atom. The highest BCUT2D eigenvalue weighted by Crippen LogP contribution is 2.34. The number of non-ortho nitro benzene ring substituents is 1. The van der Waals surface area contributed by atoms with E-state index in [-0.39, 0.29) is 29.7 Å². The molecule has 1 aliphatic rings. The number of anilines is 1. The van der Waals surface area contributed by atoms with E-state index in [9.17, 15) is 24.5 Å². The molecule has 0 aliphatic carbocycles. The van der Waals surface area contributed by atoms with Gasteiger partial charge in [0.05, 0.1) is 16.4 Å². The van der Waals surface area contributed by atoms with Crippen molar-refractivity contribution in [3.05, 3.63) is 104 Å². The predicted molar refractivity (Wildman–Crippen MR) is 141 cm³/mol. The maximum absolute atomic E-state index is 12.8. The molecule has 0 radical (unpaired) electrons. The lowest BCUT2D eigenvalue weighted by Gasteiger charge is -2.12. The third kappa shape index (κ3) is 6.42. The molecule has 1 fully saturated rings. The van der Waals surface area contributed by atoms with Crippen LogP contribution in [0.1, 0.15) is 22.3 Å². The van der Waals surface area contributed by atoms with Crippen LogP contribution < -0.4 is 10.1 Å². The fraction of sp³-hybridized carbons (Fsp3) is 0.148. The molecule has 3 amide bonds. The molecule has 0 bridgehead atoms. The van der Waals surface area contributed by atoms with Gasteiger partial charge in [-0.25, -0.2) is 0 Å². The molecule has 4 rings (SSSR count).